The summed E-state index contributed by atoms with van der Waals surface area (Å²) in [5.41, 5.74) is 0.181. The van der Waals surface area contributed by atoms with Gasteiger partial charge in [0, 0.05) is 13.1 Å². The van der Waals surface area contributed by atoms with Crippen LogP contribution in [0.3, 0.4) is 0 Å². The maximum Gasteiger partial charge on any atom is 0.490 e. The number of halogens is 3. The molecule has 1 heterocycles. The van der Waals surface area contributed by atoms with E-state index in [1.165, 1.54) is 0 Å². The van der Waals surface area contributed by atoms with Gasteiger partial charge >= 0.3 is 12.1 Å². The van der Waals surface area contributed by atoms with Gasteiger partial charge in [0.25, 0.3) is 0 Å². The summed E-state index contributed by atoms with van der Waals surface area (Å²) in [6.45, 7) is 4.07. The van der Waals surface area contributed by atoms with Gasteiger partial charge in [-0.05, 0) is 6.92 Å². The summed E-state index contributed by atoms with van der Waals surface area (Å²) in [5.74, 6) is -0.0417. The molecule has 0 aromatic rings. The highest BCUT2D eigenvalue weighted by Crippen LogP contribution is 2.18. The van der Waals surface area contributed by atoms with Gasteiger partial charge in [-0.15, -0.1) is 6.42 Å². The van der Waals surface area contributed by atoms with Gasteiger partial charge in [-0.2, -0.15) is 13.2 Å². The number of carboxylic acid groups (broad SMARTS) is 1. The van der Waals surface area contributed by atoms with E-state index in [0.717, 1.165) is 13.1 Å². The summed E-state index contributed by atoms with van der Waals surface area (Å²) in [6.07, 6.45) is 0.0947. The lowest BCUT2D eigenvalue weighted by Gasteiger charge is -2.33. The third-order valence-corrected chi connectivity index (χ3v) is 1.62. The summed E-state index contributed by atoms with van der Waals surface area (Å²) in [5, 5.41) is 10.2. The third kappa shape index (κ3) is 4.14. The zero-order chi connectivity index (χ0) is 11.4. The topological polar surface area (TPSA) is 49.3 Å². The lowest BCUT2D eigenvalue weighted by molar-refractivity contribution is -0.192. The Kier molecular flexibility index (Phi) is 3.95. The molecule has 2 N–H and O–H groups in total. The van der Waals surface area contributed by atoms with Gasteiger partial charge < -0.3 is 10.4 Å². The van der Waals surface area contributed by atoms with Crippen molar-refractivity contribution in [2.75, 3.05) is 13.1 Å². The van der Waals surface area contributed by atoms with E-state index < -0.39 is 12.1 Å². The van der Waals surface area contributed by atoms with Crippen LogP contribution in [0.25, 0.3) is 0 Å². The largest absolute Gasteiger partial charge is 0.490 e. The summed E-state index contributed by atoms with van der Waals surface area (Å²) in [6, 6.07) is 0. The van der Waals surface area contributed by atoms with Crippen molar-refractivity contribution < 1.29 is 23.1 Å². The first-order chi connectivity index (χ1) is 6.21. The van der Waals surface area contributed by atoms with Crippen LogP contribution in [0.2, 0.25) is 0 Å². The number of terminal acetylenes is 1. The summed E-state index contributed by atoms with van der Waals surface area (Å²) >= 11 is 0. The quantitative estimate of drug-likeness (QED) is 0.582. The van der Waals surface area contributed by atoms with Gasteiger partial charge in [0.15, 0.2) is 0 Å². The van der Waals surface area contributed by atoms with Crippen molar-refractivity contribution in [3.63, 3.8) is 0 Å². The number of hydrogen-bond donors (Lipinski definition) is 2. The van der Waals surface area contributed by atoms with Crippen molar-refractivity contribution in [3.05, 3.63) is 0 Å². The Labute approximate surface area is 79.3 Å². The fraction of sp³-hybridized carbons (Fsp3) is 0.625. The van der Waals surface area contributed by atoms with Gasteiger partial charge in [-0.3, -0.25) is 0 Å². The first kappa shape index (κ1) is 12.8. The highest BCUT2D eigenvalue weighted by Gasteiger charge is 2.38. The van der Waals surface area contributed by atoms with Crippen LogP contribution in [0.5, 0.6) is 0 Å². The Bertz CT molecular complexity index is 250. The van der Waals surface area contributed by atoms with Crippen molar-refractivity contribution in [2.24, 2.45) is 5.41 Å². The molecule has 1 fully saturated rings. The lowest BCUT2D eigenvalue weighted by Crippen LogP contribution is -2.50. The molecule has 6 heteroatoms. The minimum atomic E-state index is -5.08. The molecule has 0 amide bonds. The minimum Gasteiger partial charge on any atom is -0.475 e. The second kappa shape index (κ2) is 4.33. The lowest BCUT2D eigenvalue weighted by atomic mass is 9.86. The Morgan fingerprint density at radius 3 is 1.93 bits per heavy atom. The molecule has 3 nitrogen and oxygen atoms in total. The zero-order valence-electron chi connectivity index (χ0n) is 7.48. The average molecular weight is 209 g/mol. The predicted octanol–water partition coefficient (Wildman–Crippen LogP) is 0.862. The van der Waals surface area contributed by atoms with E-state index in [9.17, 15) is 13.2 Å². The normalized spacial score (nSPS) is 18.2. The molecule has 0 aromatic heterocycles. The van der Waals surface area contributed by atoms with E-state index in [-0.39, 0.29) is 5.41 Å². The van der Waals surface area contributed by atoms with E-state index in [1.54, 1.807) is 0 Å². The Hall–Kier alpha value is -1.22. The number of alkyl halides is 3. The molecule has 0 atom stereocenters. The molecular weight excluding hydrogens is 199 g/mol. The summed E-state index contributed by atoms with van der Waals surface area (Å²) in [7, 11) is 0. The number of aliphatic carboxylic acids is 1. The van der Waals surface area contributed by atoms with Crippen LogP contribution in [0.15, 0.2) is 0 Å². The number of carbonyl (C=O) groups is 1. The molecule has 0 unspecified atom stereocenters. The fourth-order valence-corrected chi connectivity index (χ4v) is 0.602. The van der Waals surface area contributed by atoms with Gasteiger partial charge in [0.1, 0.15) is 0 Å². The molecule has 0 aliphatic carbocycles. The van der Waals surface area contributed by atoms with E-state index in [0.29, 0.717) is 0 Å². The first-order valence-electron chi connectivity index (χ1n) is 3.70. The van der Waals surface area contributed by atoms with E-state index >= 15 is 0 Å². The molecule has 0 spiro atoms. The van der Waals surface area contributed by atoms with Gasteiger partial charge in [-0.25, -0.2) is 4.79 Å². The molecule has 0 aromatic carbocycles. The highest BCUT2D eigenvalue weighted by molar-refractivity contribution is 5.73. The first-order valence-corrected chi connectivity index (χ1v) is 3.70. The van der Waals surface area contributed by atoms with Crippen molar-refractivity contribution in [3.8, 4) is 12.3 Å². The smallest absolute Gasteiger partial charge is 0.475 e. The van der Waals surface area contributed by atoms with Crippen LogP contribution >= 0.6 is 0 Å². The number of hydrogen-bond acceptors (Lipinski definition) is 2. The summed E-state index contributed by atoms with van der Waals surface area (Å²) in [4.78, 5) is 8.90. The fourth-order valence-electron chi connectivity index (χ4n) is 0.602. The monoisotopic (exact) mass is 209 g/mol. The number of carboxylic acids is 1. The second-order valence-electron chi connectivity index (χ2n) is 3.11. The summed E-state index contributed by atoms with van der Waals surface area (Å²) < 4.78 is 31.7. The predicted molar refractivity (Wildman–Crippen MR) is 43.5 cm³/mol. The second-order valence-corrected chi connectivity index (χ2v) is 3.11. The molecule has 1 saturated heterocycles. The molecule has 1 rings (SSSR count). The number of nitrogens with one attached hydrogen (secondary N) is 1. The van der Waals surface area contributed by atoms with Gasteiger partial charge in [0.2, 0.25) is 0 Å². The minimum absolute atomic E-state index is 0.181. The maximum atomic E-state index is 10.6. The Balaban J connectivity index is 0.000000241. The average Bonchev–Trinajstić information content (AvgIpc) is 1.99. The van der Waals surface area contributed by atoms with E-state index in [1.807, 2.05) is 0 Å². The van der Waals surface area contributed by atoms with Gasteiger partial charge in [-0.1, -0.05) is 5.92 Å². The Morgan fingerprint density at radius 2 is 1.93 bits per heavy atom. The van der Waals surface area contributed by atoms with Crippen LogP contribution in [0, 0.1) is 17.8 Å². The molecule has 1 aliphatic rings. The molecule has 80 valence electrons. The standard InChI is InChI=1S/C6H9N.C2HF3O2/c1-3-6(2)4-7-5-6;3-2(4,5)1(6)7/h1,7H,4-5H2,2H3;(H,6,7). The van der Waals surface area contributed by atoms with Crippen LogP contribution in [0.4, 0.5) is 13.2 Å². The SMILES string of the molecule is C#CC1(C)CNC1.O=C(O)C(F)(F)F. The Morgan fingerprint density at radius 1 is 1.57 bits per heavy atom. The van der Waals surface area contributed by atoms with Crippen LogP contribution in [-0.4, -0.2) is 30.3 Å². The maximum absolute atomic E-state index is 10.6. The van der Waals surface area contributed by atoms with Crippen LogP contribution in [-0.2, 0) is 4.79 Å². The van der Waals surface area contributed by atoms with Crippen LogP contribution < -0.4 is 5.32 Å². The molecule has 0 bridgehead atoms. The van der Waals surface area contributed by atoms with E-state index in [2.05, 4.69) is 18.2 Å². The van der Waals surface area contributed by atoms with E-state index in [4.69, 9.17) is 16.3 Å². The zero-order valence-corrected chi connectivity index (χ0v) is 7.48. The molecule has 1 aliphatic heterocycles. The highest BCUT2D eigenvalue weighted by atomic mass is 19.4. The van der Waals surface area contributed by atoms with Crippen molar-refractivity contribution in [1.82, 2.24) is 5.32 Å². The van der Waals surface area contributed by atoms with Crippen molar-refractivity contribution in [2.45, 2.75) is 13.1 Å². The molecule has 14 heavy (non-hydrogen) atoms. The molecular formula is C8H10F3NO2. The number of rotatable bonds is 0. The van der Waals surface area contributed by atoms with Gasteiger partial charge in [0.05, 0.1) is 5.41 Å². The van der Waals surface area contributed by atoms with Crippen LogP contribution in [0.1, 0.15) is 6.92 Å². The molecule has 0 radical (unpaired) electrons. The van der Waals surface area contributed by atoms with Crippen molar-refractivity contribution in [1.29, 1.82) is 0 Å². The third-order valence-electron chi connectivity index (χ3n) is 1.62. The van der Waals surface area contributed by atoms with Crippen molar-refractivity contribution >= 4 is 5.97 Å². The molecule has 0 saturated carbocycles.